The van der Waals surface area contributed by atoms with Crippen LogP contribution in [0.2, 0.25) is 0 Å². The van der Waals surface area contributed by atoms with Crippen LogP contribution in [0.25, 0.3) is 0 Å². The molecule has 2 aromatic heterocycles. The van der Waals surface area contributed by atoms with Crippen molar-refractivity contribution in [2.75, 3.05) is 0 Å². The van der Waals surface area contributed by atoms with E-state index in [2.05, 4.69) is 15.2 Å². The number of rotatable bonds is 5. The van der Waals surface area contributed by atoms with E-state index in [1.54, 1.807) is 6.92 Å². The summed E-state index contributed by atoms with van der Waals surface area (Å²) in [5, 5.41) is 7.91. The Morgan fingerprint density at radius 2 is 2.17 bits per heavy atom. The van der Waals surface area contributed by atoms with Crippen molar-refractivity contribution in [3.63, 3.8) is 0 Å². The SMILES string of the molecule is CCCc1nn([C@H](C)c2nc(CC)no2)c(=O)o1. The number of aryl methyl sites for hydroxylation is 2. The second kappa shape index (κ2) is 5.16. The molecule has 0 fully saturated rings. The van der Waals surface area contributed by atoms with Crippen molar-refractivity contribution in [3.05, 3.63) is 28.2 Å². The van der Waals surface area contributed by atoms with E-state index in [9.17, 15) is 4.79 Å². The maximum absolute atomic E-state index is 11.6. The van der Waals surface area contributed by atoms with Crippen LogP contribution in [0.15, 0.2) is 13.7 Å². The fourth-order valence-corrected chi connectivity index (χ4v) is 1.57. The second-order valence-electron chi connectivity index (χ2n) is 4.03. The molecule has 2 rings (SSSR count). The average Bonchev–Trinajstić information content (AvgIpc) is 2.95. The lowest BCUT2D eigenvalue weighted by atomic mass is 10.3. The Hall–Kier alpha value is -1.92. The van der Waals surface area contributed by atoms with Crippen molar-refractivity contribution in [1.29, 1.82) is 0 Å². The van der Waals surface area contributed by atoms with E-state index in [-0.39, 0.29) is 0 Å². The van der Waals surface area contributed by atoms with E-state index in [1.807, 2.05) is 13.8 Å². The topological polar surface area (TPSA) is 87.0 Å². The summed E-state index contributed by atoms with van der Waals surface area (Å²) in [6.45, 7) is 5.70. The highest BCUT2D eigenvalue weighted by atomic mass is 16.5. The van der Waals surface area contributed by atoms with Gasteiger partial charge in [0.15, 0.2) is 5.82 Å². The van der Waals surface area contributed by atoms with Gasteiger partial charge in [0.25, 0.3) is 5.89 Å². The minimum Gasteiger partial charge on any atom is -0.392 e. The molecule has 0 radical (unpaired) electrons. The molecular formula is C11H16N4O3. The lowest BCUT2D eigenvalue weighted by Crippen LogP contribution is -2.21. The molecule has 0 aliphatic carbocycles. The summed E-state index contributed by atoms with van der Waals surface area (Å²) < 4.78 is 11.4. The molecule has 1 atom stereocenters. The highest BCUT2D eigenvalue weighted by molar-refractivity contribution is 4.93. The lowest BCUT2D eigenvalue weighted by molar-refractivity contribution is 0.324. The number of nitrogens with zero attached hydrogens (tertiary/aromatic N) is 4. The Bertz CT molecular complexity index is 569. The van der Waals surface area contributed by atoms with Gasteiger partial charge >= 0.3 is 5.76 Å². The molecular weight excluding hydrogens is 236 g/mol. The Morgan fingerprint density at radius 1 is 1.39 bits per heavy atom. The van der Waals surface area contributed by atoms with Crippen LogP contribution >= 0.6 is 0 Å². The second-order valence-corrected chi connectivity index (χ2v) is 4.03. The summed E-state index contributed by atoms with van der Waals surface area (Å²) in [4.78, 5) is 15.8. The zero-order chi connectivity index (χ0) is 13.1. The first-order valence-corrected chi connectivity index (χ1v) is 6.06. The van der Waals surface area contributed by atoms with Crippen LogP contribution in [0.3, 0.4) is 0 Å². The third kappa shape index (κ3) is 2.34. The van der Waals surface area contributed by atoms with Crippen LogP contribution in [0, 0.1) is 0 Å². The molecule has 0 spiro atoms. The molecule has 18 heavy (non-hydrogen) atoms. The molecule has 0 bridgehead atoms. The van der Waals surface area contributed by atoms with Crippen LogP contribution < -0.4 is 5.76 Å². The summed E-state index contributed by atoms with van der Waals surface area (Å²) in [6.07, 6.45) is 2.19. The van der Waals surface area contributed by atoms with Gasteiger partial charge in [0.2, 0.25) is 5.89 Å². The summed E-state index contributed by atoms with van der Waals surface area (Å²) in [5.41, 5.74) is 0. The predicted molar refractivity (Wildman–Crippen MR) is 62.2 cm³/mol. The molecule has 7 nitrogen and oxygen atoms in total. The van der Waals surface area contributed by atoms with Crippen LogP contribution in [-0.4, -0.2) is 19.9 Å². The summed E-state index contributed by atoms with van der Waals surface area (Å²) in [7, 11) is 0. The van der Waals surface area contributed by atoms with Crippen molar-refractivity contribution in [2.45, 2.75) is 46.1 Å². The van der Waals surface area contributed by atoms with E-state index in [0.29, 0.717) is 30.4 Å². The number of hydrogen-bond donors (Lipinski definition) is 0. The van der Waals surface area contributed by atoms with Gasteiger partial charge in [0, 0.05) is 12.8 Å². The summed E-state index contributed by atoms with van der Waals surface area (Å²) in [6, 6.07) is -0.417. The standard InChI is InChI=1S/C11H16N4O3/c1-4-6-9-13-15(11(16)17-9)7(3)10-12-8(5-2)14-18-10/h7H,4-6H2,1-3H3/t7-/m1/s1. The molecule has 0 saturated carbocycles. The van der Waals surface area contributed by atoms with Crippen molar-refractivity contribution in [1.82, 2.24) is 19.9 Å². The third-order valence-corrected chi connectivity index (χ3v) is 2.60. The third-order valence-electron chi connectivity index (χ3n) is 2.60. The van der Waals surface area contributed by atoms with Gasteiger partial charge in [-0.05, 0) is 13.3 Å². The Kier molecular flexibility index (Phi) is 3.59. The van der Waals surface area contributed by atoms with E-state index in [1.165, 1.54) is 4.68 Å². The van der Waals surface area contributed by atoms with E-state index in [4.69, 9.17) is 8.94 Å². The van der Waals surface area contributed by atoms with Gasteiger partial charge in [-0.2, -0.15) is 9.67 Å². The van der Waals surface area contributed by atoms with Crippen LogP contribution in [0.4, 0.5) is 0 Å². The Labute approximate surface area is 104 Å². The normalized spacial score (nSPS) is 12.8. The van der Waals surface area contributed by atoms with Crippen molar-refractivity contribution >= 4 is 0 Å². The van der Waals surface area contributed by atoms with Gasteiger partial charge < -0.3 is 8.94 Å². The van der Waals surface area contributed by atoms with Gasteiger partial charge in [-0.25, -0.2) is 4.79 Å². The van der Waals surface area contributed by atoms with Gasteiger partial charge in [0.05, 0.1) is 0 Å². The lowest BCUT2D eigenvalue weighted by Gasteiger charge is -2.02. The first-order chi connectivity index (χ1) is 8.65. The maximum Gasteiger partial charge on any atom is 0.437 e. The van der Waals surface area contributed by atoms with Crippen LogP contribution in [-0.2, 0) is 12.8 Å². The molecule has 0 amide bonds. The highest BCUT2D eigenvalue weighted by Gasteiger charge is 2.20. The molecule has 0 saturated heterocycles. The zero-order valence-corrected chi connectivity index (χ0v) is 10.7. The number of hydrogen-bond acceptors (Lipinski definition) is 6. The quantitative estimate of drug-likeness (QED) is 0.798. The largest absolute Gasteiger partial charge is 0.437 e. The molecule has 0 N–H and O–H groups in total. The maximum atomic E-state index is 11.6. The van der Waals surface area contributed by atoms with Crippen molar-refractivity contribution in [3.8, 4) is 0 Å². The summed E-state index contributed by atoms with van der Waals surface area (Å²) >= 11 is 0. The Morgan fingerprint density at radius 3 is 2.78 bits per heavy atom. The molecule has 0 aliphatic heterocycles. The number of aromatic nitrogens is 4. The highest BCUT2D eigenvalue weighted by Crippen LogP contribution is 2.13. The zero-order valence-electron chi connectivity index (χ0n) is 10.7. The minimum absolute atomic E-state index is 0.366. The van der Waals surface area contributed by atoms with Crippen molar-refractivity contribution < 1.29 is 8.94 Å². The molecule has 7 heteroatoms. The van der Waals surface area contributed by atoms with Crippen LogP contribution in [0.5, 0.6) is 0 Å². The fourth-order valence-electron chi connectivity index (χ4n) is 1.57. The smallest absolute Gasteiger partial charge is 0.392 e. The Balaban J connectivity index is 2.27. The summed E-state index contributed by atoms with van der Waals surface area (Å²) in [5.74, 6) is 0.916. The molecule has 98 valence electrons. The van der Waals surface area contributed by atoms with Gasteiger partial charge in [-0.1, -0.05) is 19.0 Å². The average molecular weight is 252 g/mol. The molecule has 0 unspecified atom stereocenters. The minimum atomic E-state index is -0.498. The van der Waals surface area contributed by atoms with E-state index >= 15 is 0 Å². The first kappa shape index (κ1) is 12.5. The fraction of sp³-hybridized carbons (Fsp3) is 0.636. The van der Waals surface area contributed by atoms with Gasteiger partial charge in [-0.15, -0.1) is 5.10 Å². The van der Waals surface area contributed by atoms with Gasteiger partial charge in [0.1, 0.15) is 6.04 Å². The van der Waals surface area contributed by atoms with E-state index < -0.39 is 11.8 Å². The van der Waals surface area contributed by atoms with Gasteiger partial charge in [-0.3, -0.25) is 0 Å². The molecule has 2 aromatic rings. The van der Waals surface area contributed by atoms with Crippen LogP contribution in [0.1, 0.15) is 50.8 Å². The monoisotopic (exact) mass is 252 g/mol. The van der Waals surface area contributed by atoms with E-state index in [0.717, 1.165) is 6.42 Å². The molecule has 0 aromatic carbocycles. The van der Waals surface area contributed by atoms with Crippen molar-refractivity contribution in [2.24, 2.45) is 0 Å². The first-order valence-electron chi connectivity index (χ1n) is 6.06. The molecule has 2 heterocycles. The molecule has 0 aliphatic rings. The predicted octanol–water partition coefficient (Wildman–Crippen LogP) is 1.34.